The number of carbonyl (C=O) groups is 2. The number of nitrogens with zero attached hydrogens (tertiary/aromatic N) is 1. The molecule has 77 valence electrons. The van der Waals surface area contributed by atoms with Gasteiger partial charge in [0.1, 0.15) is 0 Å². The summed E-state index contributed by atoms with van der Waals surface area (Å²) in [5, 5.41) is 8.81. The first kappa shape index (κ1) is 9.71. The molecule has 4 heteroatoms. The van der Waals surface area contributed by atoms with E-state index in [9.17, 15) is 9.59 Å². The highest BCUT2D eigenvalue weighted by Crippen LogP contribution is 2.24. The number of amides is 1. The summed E-state index contributed by atoms with van der Waals surface area (Å²) >= 11 is 0. The summed E-state index contributed by atoms with van der Waals surface area (Å²) in [6.45, 7) is 0.262. The molecule has 1 fully saturated rings. The van der Waals surface area contributed by atoms with Gasteiger partial charge < -0.3 is 10.0 Å². The van der Waals surface area contributed by atoms with Crippen molar-refractivity contribution in [3.8, 4) is 0 Å². The first-order valence-corrected chi connectivity index (χ1v) is 4.68. The maximum atomic E-state index is 11.5. The van der Waals surface area contributed by atoms with Gasteiger partial charge in [-0.3, -0.25) is 9.59 Å². The first-order valence-electron chi connectivity index (χ1n) is 4.68. The third-order valence-electron chi connectivity index (χ3n) is 2.49. The van der Waals surface area contributed by atoms with E-state index in [-0.39, 0.29) is 18.9 Å². The average Bonchev–Trinajstić information content (AvgIpc) is 2.62. The van der Waals surface area contributed by atoms with Gasteiger partial charge in [-0.25, -0.2) is 0 Å². The van der Waals surface area contributed by atoms with Gasteiger partial charge in [-0.1, -0.05) is 12.1 Å². The lowest BCUT2D eigenvalue weighted by atomic mass is 10.1. The first-order chi connectivity index (χ1) is 7.18. The number of aliphatic carboxylic acids is 1. The molecule has 0 spiro atoms. The molecule has 0 saturated carbocycles. The summed E-state index contributed by atoms with van der Waals surface area (Å²) in [5.41, 5.74) is 0.738. The van der Waals surface area contributed by atoms with E-state index in [1.54, 1.807) is 24.3 Å². The van der Waals surface area contributed by atoms with Crippen LogP contribution < -0.4 is 4.90 Å². The van der Waals surface area contributed by atoms with Gasteiger partial charge in [0.25, 0.3) is 0 Å². The number of carboxylic acid groups (broad SMARTS) is 1. The summed E-state index contributed by atoms with van der Waals surface area (Å²) in [6.07, 6.45) is 0.0912. The third kappa shape index (κ3) is 1.83. The van der Waals surface area contributed by atoms with Crippen LogP contribution >= 0.6 is 0 Å². The Hall–Kier alpha value is -1.84. The van der Waals surface area contributed by atoms with Crippen molar-refractivity contribution >= 4 is 17.6 Å². The van der Waals surface area contributed by atoms with Crippen LogP contribution in [0.25, 0.3) is 0 Å². The van der Waals surface area contributed by atoms with Crippen LogP contribution in [0.3, 0.4) is 0 Å². The molecule has 1 saturated heterocycles. The Labute approximate surface area is 87.1 Å². The Morgan fingerprint density at radius 2 is 2.13 bits per heavy atom. The lowest BCUT2D eigenvalue weighted by Crippen LogP contribution is -2.25. The van der Waals surface area contributed by atoms with Crippen molar-refractivity contribution in [3.63, 3.8) is 0 Å². The maximum absolute atomic E-state index is 11.5. The minimum Gasteiger partial charge on any atom is -0.481 e. The Morgan fingerprint density at radius 1 is 1.47 bits per heavy atom. The zero-order valence-electron chi connectivity index (χ0n) is 8.01. The summed E-state index contributed by atoms with van der Waals surface area (Å²) < 4.78 is 0. The molecule has 2 rings (SSSR count). The van der Waals surface area contributed by atoms with Crippen molar-refractivity contribution in [2.24, 2.45) is 5.92 Å². The van der Waals surface area contributed by atoms with Crippen molar-refractivity contribution in [1.29, 1.82) is 0 Å². The van der Waals surface area contributed by atoms with E-state index in [0.717, 1.165) is 5.69 Å². The van der Waals surface area contributed by atoms with Crippen LogP contribution in [-0.4, -0.2) is 23.5 Å². The highest BCUT2D eigenvalue weighted by molar-refractivity contribution is 5.99. The average molecular weight is 204 g/mol. The largest absolute Gasteiger partial charge is 0.481 e. The van der Waals surface area contributed by atoms with Crippen LogP contribution in [0.1, 0.15) is 6.42 Å². The summed E-state index contributed by atoms with van der Waals surface area (Å²) in [7, 11) is 0. The second-order valence-electron chi connectivity index (χ2n) is 3.50. The van der Waals surface area contributed by atoms with E-state index < -0.39 is 11.9 Å². The lowest BCUT2D eigenvalue weighted by molar-refractivity contribution is -0.141. The molecular weight excluding hydrogens is 194 g/mol. The summed E-state index contributed by atoms with van der Waals surface area (Å²) in [5.74, 6) is -1.62. The van der Waals surface area contributed by atoms with Crippen LogP contribution in [0, 0.1) is 12.0 Å². The number of carbonyl (C=O) groups excluding carboxylic acids is 1. The Kier molecular flexibility index (Phi) is 2.41. The number of benzene rings is 1. The van der Waals surface area contributed by atoms with E-state index in [1.165, 1.54) is 4.90 Å². The van der Waals surface area contributed by atoms with Gasteiger partial charge in [0, 0.05) is 18.7 Å². The molecule has 1 aliphatic rings. The molecule has 1 N–H and O–H groups in total. The second-order valence-corrected chi connectivity index (χ2v) is 3.50. The maximum Gasteiger partial charge on any atom is 0.308 e. The molecular formula is C11H10NO3. The molecule has 0 bridgehead atoms. The van der Waals surface area contributed by atoms with E-state index >= 15 is 0 Å². The molecule has 0 aliphatic carbocycles. The zero-order chi connectivity index (χ0) is 10.8. The van der Waals surface area contributed by atoms with Gasteiger partial charge >= 0.3 is 5.97 Å². The molecule has 1 aromatic carbocycles. The predicted octanol–water partition coefficient (Wildman–Crippen LogP) is 0.924. The SMILES string of the molecule is O=C(O)C1CC(=O)N(c2cc[c]cc2)C1. The quantitative estimate of drug-likeness (QED) is 0.779. The minimum atomic E-state index is -0.909. The van der Waals surface area contributed by atoms with Gasteiger partial charge in [0.15, 0.2) is 0 Å². The fourth-order valence-corrected chi connectivity index (χ4v) is 1.68. The van der Waals surface area contributed by atoms with Gasteiger partial charge in [-0.15, -0.1) is 0 Å². The summed E-state index contributed by atoms with van der Waals surface area (Å²) in [6, 6.07) is 9.77. The topological polar surface area (TPSA) is 57.6 Å². The fraction of sp³-hybridized carbons (Fsp3) is 0.273. The highest BCUT2D eigenvalue weighted by Gasteiger charge is 2.34. The van der Waals surface area contributed by atoms with Crippen LogP contribution in [-0.2, 0) is 9.59 Å². The molecule has 15 heavy (non-hydrogen) atoms. The zero-order valence-corrected chi connectivity index (χ0v) is 8.01. The standard InChI is InChI=1S/C11H10NO3/c13-10-6-8(11(14)15)7-12(10)9-4-2-1-3-5-9/h2-5,8H,6-7H2,(H,14,15). The Morgan fingerprint density at radius 3 is 2.67 bits per heavy atom. The lowest BCUT2D eigenvalue weighted by Gasteiger charge is -2.15. The number of carboxylic acids is 1. The Balaban J connectivity index is 2.19. The van der Waals surface area contributed by atoms with E-state index in [4.69, 9.17) is 5.11 Å². The Bertz CT molecular complexity index is 388. The van der Waals surface area contributed by atoms with Crippen LogP contribution in [0.4, 0.5) is 5.69 Å². The minimum absolute atomic E-state index is 0.0912. The highest BCUT2D eigenvalue weighted by atomic mass is 16.4. The molecule has 4 nitrogen and oxygen atoms in total. The van der Waals surface area contributed by atoms with E-state index in [0.29, 0.717) is 0 Å². The number of hydrogen-bond donors (Lipinski definition) is 1. The van der Waals surface area contributed by atoms with Gasteiger partial charge in [0.05, 0.1) is 5.92 Å². The molecule has 1 aromatic rings. The van der Waals surface area contributed by atoms with Gasteiger partial charge in [-0.05, 0) is 18.2 Å². The van der Waals surface area contributed by atoms with Crippen molar-refractivity contribution in [1.82, 2.24) is 0 Å². The molecule has 1 unspecified atom stereocenters. The van der Waals surface area contributed by atoms with Crippen LogP contribution in [0.5, 0.6) is 0 Å². The third-order valence-corrected chi connectivity index (χ3v) is 2.49. The van der Waals surface area contributed by atoms with Gasteiger partial charge in [-0.2, -0.15) is 0 Å². The van der Waals surface area contributed by atoms with Gasteiger partial charge in [0.2, 0.25) is 5.91 Å². The molecule has 0 aromatic heterocycles. The number of rotatable bonds is 2. The summed E-state index contributed by atoms with van der Waals surface area (Å²) in [4.78, 5) is 23.8. The van der Waals surface area contributed by atoms with Crippen molar-refractivity contribution in [3.05, 3.63) is 30.3 Å². The normalized spacial score (nSPS) is 20.7. The van der Waals surface area contributed by atoms with E-state index in [1.807, 2.05) is 0 Å². The molecule has 1 atom stereocenters. The molecule has 1 amide bonds. The molecule has 1 radical (unpaired) electrons. The fourth-order valence-electron chi connectivity index (χ4n) is 1.68. The predicted molar refractivity (Wildman–Crippen MR) is 53.4 cm³/mol. The smallest absolute Gasteiger partial charge is 0.308 e. The van der Waals surface area contributed by atoms with Crippen LogP contribution in [0.2, 0.25) is 0 Å². The number of anilines is 1. The van der Waals surface area contributed by atoms with E-state index in [2.05, 4.69) is 6.07 Å². The van der Waals surface area contributed by atoms with Crippen molar-refractivity contribution in [2.45, 2.75) is 6.42 Å². The molecule has 1 aliphatic heterocycles. The number of hydrogen-bond acceptors (Lipinski definition) is 2. The molecule has 1 heterocycles. The monoisotopic (exact) mass is 204 g/mol. The second kappa shape index (κ2) is 3.73. The van der Waals surface area contributed by atoms with Crippen molar-refractivity contribution in [2.75, 3.05) is 11.4 Å². The van der Waals surface area contributed by atoms with Crippen LogP contribution in [0.15, 0.2) is 24.3 Å². The van der Waals surface area contributed by atoms with Crippen molar-refractivity contribution < 1.29 is 14.7 Å².